The van der Waals surface area contributed by atoms with E-state index in [1.54, 1.807) is 0 Å². The molecule has 0 heterocycles. The monoisotopic (exact) mass is 428 g/mol. The van der Waals surface area contributed by atoms with Crippen molar-refractivity contribution in [3.05, 3.63) is 70.3 Å². The molecule has 2 heteroatoms. The molecule has 0 amide bonds. The molecular formula is C30H36O2. The predicted octanol–water partition coefficient (Wildman–Crippen LogP) is 5.81. The molecule has 1 saturated carbocycles. The molecule has 2 aromatic carbocycles. The van der Waals surface area contributed by atoms with E-state index in [1.807, 2.05) is 18.2 Å². The number of benzene rings is 2. The van der Waals surface area contributed by atoms with Crippen LogP contribution in [0, 0.1) is 42.4 Å². The maximum atomic E-state index is 9.12. The van der Waals surface area contributed by atoms with Crippen LogP contribution < -0.4 is 0 Å². The highest BCUT2D eigenvalue weighted by molar-refractivity contribution is 5.50. The standard InChI is InChI=1S/C30H36O2/c1-3-5-24-9-16-29(17-10-24)30-18-11-25(12-19-30)8-14-28-15-13-26(20-23(28)2)6-4-7-27(21-31)22-32/h11-13,15,18-20,24,27,29,31-32H,3,5,7,9-10,16-17,21-22H2,1-2H3. The van der Waals surface area contributed by atoms with Crippen LogP contribution in [0.5, 0.6) is 0 Å². The molecule has 0 aromatic heterocycles. The van der Waals surface area contributed by atoms with Crippen LogP contribution in [0.2, 0.25) is 0 Å². The highest BCUT2D eigenvalue weighted by Crippen LogP contribution is 2.37. The van der Waals surface area contributed by atoms with Crippen LogP contribution in [0.1, 0.15) is 85.6 Å². The number of aliphatic hydroxyl groups is 2. The van der Waals surface area contributed by atoms with Gasteiger partial charge < -0.3 is 10.2 Å². The van der Waals surface area contributed by atoms with Crippen LogP contribution >= 0.6 is 0 Å². The van der Waals surface area contributed by atoms with Crippen LogP contribution in [0.3, 0.4) is 0 Å². The molecule has 0 unspecified atom stereocenters. The van der Waals surface area contributed by atoms with E-state index in [2.05, 4.69) is 61.8 Å². The van der Waals surface area contributed by atoms with Crippen LogP contribution in [-0.2, 0) is 0 Å². The number of rotatable bonds is 6. The highest BCUT2D eigenvalue weighted by atomic mass is 16.3. The van der Waals surface area contributed by atoms with E-state index in [0.29, 0.717) is 12.3 Å². The van der Waals surface area contributed by atoms with E-state index in [1.165, 1.54) is 44.1 Å². The number of hydrogen-bond acceptors (Lipinski definition) is 2. The first-order chi connectivity index (χ1) is 15.6. The molecule has 0 aliphatic heterocycles. The average molecular weight is 429 g/mol. The SMILES string of the molecule is CCCC1CCC(c2ccc(C#Cc3ccc(C#CCC(CO)CO)cc3C)cc2)CC1. The summed E-state index contributed by atoms with van der Waals surface area (Å²) in [6.07, 6.45) is 8.60. The van der Waals surface area contributed by atoms with Gasteiger partial charge in [0.05, 0.1) is 0 Å². The summed E-state index contributed by atoms with van der Waals surface area (Å²) in [7, 11) is 0. The Bertz CT molecular complexity index is 969. The average Bonchev–Trinajstić information content (AvgIpc) is 2.82. The molecule has 0 saturated heterocycles. The number of aryl methyl sites for hydroxylation is 1. The summed E-state index contributed by atoms with van der Waals surface area (Å²) in [6, 6.07) is 14.9. The minimum absolute atomic E-state index is 0.0419. The Morgan fingerprint density at radius 3 is 2.19 bits per heavy atom. The molecule has 1 aliphatic carbocycles. The molecule has 0 radical (unpaired) electrons. The van der Waals surface area contributed by atoms with Crippen molar-refractivity contribution in [2.24, 2.45) is 11.8 Å². The Morgan fingerprint density at radius 1 is 0.875 bits per heavy atom. The lowest BCUT2D eigenvalue weighted by molar-refractivity contribution is 0.153. The van der Waals surface area contributed by atoms with Gasteiger partial charge in [-0.25, -0.2) is 0 Å². The molecule has 3 rings (SSSR count). The lowest BCUT2D eigenvalue weighted by atomic mass is 9.77. The van der Waals surface area contributed by atoms with Crippen molar-refractivity contribution in [1.82, 2.24) is 0 Å². The third-order valence-corrected chi connectivity index (χ3v) is 6.63. The van der Waals surface area contributed by atoms with E-state index in [4.69, 9.17) is 10.2 Å². The van der Waals surface area contributed by atoms with E-state index in [-0.39, 0.29) is 19.1 Å². The van der Waals surface area contributed by atoms with Crippen molar-refractivity contribution in [2.75, 3.05) is 13.2 Å². The smallest absolute Gasteiger partial charge is 0.0490 e. The lowest BCUT2D eigenvalue weighted by Crippen LogP contribution is -2.13. The predicted molar refractivity (Wildman–Crippen MR) is 132 cm³/mol. The summed E-state index contributed by atoms with van der Waals surface area (Å²) in [4.78, 5) is 0. The van der Waals surface area contributed by atoms with E-state index >= 15 is 0 Å². The summed E-state index contributed by atoms with van der Waals surface area (Å²) in [5, 5.41) is 18.2. The van der Waals surface area contributed by atoms with Crippen molar-refractivity contribution < 1.29 is 10.2 Å². The zero-order valence-corrected chi connectivity index (χ0v) is 19.5. The minimum Gasteiger partial charge on any atom is -0.396 e. The molecule has 0 bridgehead atoms. The van der Waals surface area contributed by atoms with Gasteiger partial charge in [0.15, 0.2) is 0 Å². The minimum atomic E-state index is -0.170. The first kappa shape index (κ1) is 24.1. The quantitative estimate of drug-likeness (QED) is 0.570. The fourth-order valence-corrected chi connectivity index (χ4v) is 4.54. The molecule has 2 N–H and O–H groups in total. The first-order valence-electron chi connectivity index (χ1n) is 12.1. The first-order valence-corrected chi connectivity index (χ1v) is 12.1. The summed E-state index contributed by atoms with van der Waals surface area (Å²) >= 11 is 0. The highest BCUT2D eigenvalue weighted by Gasteiger charge is 2.21. The summed E-state index contributed by atoms with van der Waals surface area (Å²) in [6.45, 7) is 4.27. The van der Waals surface area contributed by atoms with Gasteiger partial charge in [-0.1, -0.05) is 55.6 Å². The molecular weight excluding hydrogens is 392 g/mol. The summed E-state index contributed by atoms with van der Waals surface area (Å²) in [5.74, 6) is 14.3. The van der Waals surface area contributed by atoms with Crippen LogP contribution in [0.15, 0.2) is 42.5 Å². The van der Waals surface area contributed by atoms with E-state index < -0.39 is 0 Å². The zero-order chi connectivity index (χ0) is 22.8. The van der Waals surface area contributed by atoms with Crippen molar-refractivity contribution in [1.29, 1.82) is 0 Å². The summed E-state index contributed by atoms with van der Waals surface area (Å²) in [5.41, 5.74) is 5.56. The van der Waals surface area contributed by atoms with Crippen LogP contribution in [0.4, 0.5) is 0 Å². The van der Waals surface area contributed by atoms with E-state index in [0.717, 1.165) is 28.2 Å². The lowest BCUT2D eigenvalue weighted by Gasteiger charge is -2.28. The van der Waals surface area contributed by atoms with Gasteiger partial charge in [-0.05, 0) is 85.9 Å². The topological polar surface area (TPSA) is 40.5 Å². The van der Waals surface area contributed by atoms with Crippen LogP contribution in [-0.4, -0.2) is 23.4 Å². The normalized spacial score (nSPS) is 17.9. The van der Waals surface area contributed by atoms with Gasteiger partial charge in [-0.3, -0.25) is 0 Å². The van der Waals surface area contributed by atoms with E-state index in [9.17, 15) is 0 Å². The molecule has 0 atom stereocenters. The third-order valence-electron chi connectivity index (χ3n) is 6.63. The van der Waals surface area contributed by atoms with Crippen molar-refractivity contribution in [2.45, 2.75) is 64.7 Å². The van der Waals surface area contributed by atoms with Crippen LogP contribution in [0.25, 0.3) is 0 Å². The molecule has 1 fully saturated rings. The summed E-state index contributed by atoms with van der Waals surface area (Å²) < 4.78 is 0. The molecule has 168 valence electrons. The number of hydrogen-bond donors (Lipinski definition) is 2. The van der Waals surface area contributed by atoms with Crippen molar-refractivity contribution in [3.8, 4) is 23.7 Å². The van der Waals surface area contributed by atoms with Gasteiger partial charge in [-0.15, -0.1) is 0 Å². The fourth-order valence-electron chi connectivity index (χ4n) is 4.54. The second kappa shape index (κ2) is 12.5. The maximum absolute atomic E-state index is 9.12. The second-order valence-corrected chi connectivity index (χ2v) is 9.15. The Morgan fingerprint density at radius 2 is 1.56 bits per heavy atom. The molecule has 32 heavy (non-hydrogen) atoms. The van der Waals surface area contributed by atoms with Gasteiger partial charge in [0.1, 0.15) is 0 Å². The molecule has 1 aliphatic rings. The van der Waals surface area contributed by atoms with Gasteiger partial charge in [-0.2, -0.15) is 0 Å². The number of aliphatic hydroxyl groups excluding tert-OH is 2. The maximum Gasteiger partial charge on any atom is 0.0490 e. The Hall–Kier alpha value is -2.52. The second-order valence-electron chi connectivity index (χ2n) is 9.15. The Kier molecular flexibility index (Phi) is 9.43. The van der Waals surface area contributed by atoms with Crippen molar-refractivity contribution in [3.63, 3.8) is 0 Å². The van der Waals surface area contributed by atoms with Gasteiger partial charge in [0, 0.05) is 42.2 Å². The Labute approximate surface area is 194 Å². The largest absolute Gasteiger partial charge is 0.396 e. The van der Waals surface area contributed by atoms with Gasteiger partial charge in [0.25, 0.3) is 0 Å². The van der Waals surface area contributed by atoms with Gasteiger partial charge >= 0.3 is 0 Å². The Balaban J connectivity index is 1.60. The zero-order valence-electron chi connectivity index (χ0n) is 19.5. The van der Waals surface area contributed by atoms with Gasteiger partial charge in [0.2, 0.25) is 0 Å². The molecule has 2 nitrogen and oxygen atoms in total. The van der Waals surface area contributed by atoms with Crippen molar-refractivity contribution >= 4 is 0 Å². The molecule has 2 aromatic rings. The third kappa shape index (κ3) is 7.00. The molecule has 0 spiro atoms. The fraction of sp³-hybridized carbons (Fsp3) is 0.467.